The quantitative estimate of drug-likeness (QED) is 0.0656. The highest BCUT2D eigenvalue weighted by molar-refractivity contribution is 7.99. The van der Waals surface area contributed by atoms with Gasteiger partial charge in [-0.25, -0.2) is 0 Å². The predicted octanol–water partition coefficient (Wildman–Crippen LogP) is 12.1. The Balaban J connectivity index is 0.750. The summed E-state index contributed by atoms with van der Waals surface area (Å²) in [6.07, 6.45) is 5.38. The molecule has 11 heteroatoms. The van der Waals surface area contributed by atoms with E-state index in [9.17, 15) is 10.2 Å². The van der Waals surface area contributed by atoms with Gasteiger partial charge in [0.2, 0.25) is 0 Å². The highest BCUT2D eigenvalue weighted by Crippen LogP contribution is 2.32. The fourth-order valence-corrected chi connectivity index (χ4v) is 10.1. The normalized spacial score (nSPS) is 13.3. The van der Waals surface area contributed by atoms with Crippen molar-refractivity contribution in [1.29, 1.82) is 0 Å². The second-order valence-corrected chi connectivity index (χ2v) is 18.0. The molecule has 69 heavy (non-hydrogen) atoms. The minimum Gasteiger partial charge on any atom is -0.490 e. The molecule has 0 aliphatic carbocycles. The molecule has 0 bridgehead atoms. The van der Waals surface area contributed by atoms with Crippen LogP contribution in [0.3, 0.4) is 0 Å². The molecular weight excluding hydrogens is 877 g/mol. The molecule has 2 atom stereocenters. The zero-order valence-electron chi connectivity index (χ0n) is 38.5. The lowest BCUT2D eigenvalue weighted by molar-refractivity contribution is 0.122. The highest BCUT2D eigenvalue weighted by Gasteiger charge is 2.15. The summed E-state index contributed by atoms with van der Waals surface area (Å²) in [7, 11) is 0. The van der Waals surface area contributed by atoms with Gasteiger partial charge in [0.15, 0.2) is 0 Å². The molecule has 8 aromatic carbocycles. The number of nitrogens with zero attached hydrogens (tertiary/aromatic N) is 6. The number of aliphatic hydroxyl groups is 2. The fraction of sp³-hybridized carbons (Fsp3) is 0.172. The van der Waals surface area contributed by atoms with E-state index in [4.69, 9.17) is 9.47 Å². The van der Waals surface area contributed by atoms with Crippen LogP contribution in [0.5, 0.6) is 11.5 Å². The Labute approximate surface area is 404 Å². The molecule has 0 fully saturated rings. The molecule has 0 aliphatic heterocycles. The molecule has 10 nitrogen and oxygen atoms in total. The van der Waals surface area contributed by atoms with Gasteiger partial charge in [-0.2, -0.15) is 32.2 Å². The third-order valence-electron chi connectivity index (χ3n) is 12.5. The van der Waals surface area contributed by atoms with Crippen LogP contribution in [0.1, 0.15) is 36.1 Å². The number of hydrogen-bond donors (Lipinski definition) is 2. The third-order valence-corrected chi connectivity index (χ3v) is 13.7. The smallest absolute Gasteiger partial charge is 0.128 e. The molecule has 2 heterocycles. The minimum absolute atomic E-state index is 0.0631. The van der Waals surface area contributed by atoms with Crippen LogP contribution in [0.2, 0.25) is 0 Å². The Morgan fingerprint density at radius 2 is 0.841 bits per heavy atom. The first-order valence-electron chi connectivity index (χ1n) is 23.3. The van der Waals surface area contributed by atoms with E-state index in [1.165, 1.54) is 55.4 Å². The molecule has 0 saturated carbocycles. The van der Waals surface area contributed by atoms with E-state index in [1.54, 1.807) is 24.9 Å². The minimum atomic E-state index is -0.784. The Morgan fingerprint density at radius 3 is 1.29 bits per heavy atom. The van der Waals surface area contributed by atoms with E-state index >= 15 is 0 Å². The SMILES string of the molecule is CCn1c2ccccc2c2cc(/C=N/N=C/c3c(OCC(O)CSCC(O)COc4ccc5ccccc5c4/C=N/N=C/c4ccc5c(c4)c4ccccc4n5CC)ccc4ccccc34)ccc21. The average molecular weight is 929 g/mol. The van der Waals surface area contributed by atoms with Crippen molar-refractivity contribution in [3.8, 4) is 11.5 Å². The van der Waals surface area contributed by atoms with E-state index in [0.717, 1.165) is 56.9 Å². The molecule has 2 unspecified atom stereocenters. The van der Waals surface area contributed by atoms with E-state index < -0.39 is 12.2 Å². The van der Waals surface area contributed by atoms with Crippen LogP contribution < -0.4 is 9.47 Å². The van der Waals surface area contributed by atoms with Crippen molar-refractivity contribution in [3.05, 3.63) is 180 Å². The first kappa shape index (κ1) is 45.2. The van der Waals surface area contributed by atoms with Crippen molar-refractivity contribution in [2.45, 2.75) is 39.1 Å². The summed E-state index contributed by atoms with van der Waals surface area (Å²) in [5.74, 6) is 1.91. The summed E-state index contributed by atoms with van der Waals surface area (Å²) in [5, 5.41) is 48.6. The maximum atomic E-state index is 11.0. The van der Waals surface area contributed by atoms with Crippen molar-refractivity contribution in [2.75, 3.05) is 24.7 Å². The summed E-state index contributed by atoms with van der Waals surface area (Å²) in [6.45, 7) is 6.24. The van der Waals surface area contributed by atoms with Crippen LogP contribution in [0.25, 0.3) is 65.2 Å². The van der Waals surface area contributed by atoms with Gasteiger partial charge in [0.1, 0.15) is 24.7 Å². The van der Waals surface area contributed by atoms with Crippen LogP contribution >= 0.6 is 11.8 Å². The zero-order chi connectivity index (χ0) is 47.1. The second kappa shape index (κ2) is 20.7. The topological polar surface area (TPSA) is 118 Å². The van der Waals surface area contributed by atoms with E-state index in [2.05, 4.69) is 128 Å². The van der Waals surface area contributed by atoms with Crippen molar-refractivity contribution in [3.63, 3.8) is 0 Å². The standard InChI is InChI=1S/C58H52N6O4S/c1-3-63-53-19-11-9-17-47(53)49-29-39(21-25-55(49)63)31-59-61-33-51-45-15-7-5-13-41(45)23-27-57(51)67-35-43(65)37-69-38-44(66)36-68-58-28-24-42-14-6-8-16-46(42)52(58)34-62-60-32-40-22-26-56-50(30-40)48-18-10-12-20-54(48)64(56)4-2/h5-34,43-44,65-66H,3-4,35-38H2,1-2H3/b59-31+,60-32+,61-33+,62-34+. The van der Waals surface area contributed by atoms with Gasteiger partial charge < -0.3 is 28.8 Å². The van der Waals surface area contributed by atoms with E-state index in [1.807, 2.05) is 72.8 Å². The largest absolute Gasteiger partial charge is 0.490 e. The van der Waals surface area contributed by atoms with E-state index in [-0.39, 0.29) is 13.2 Å². The molecule has 0 saturated heterocycles. The first-order valence-corrected chi connectivity index (χ1v) is 24.5. The summed E-state index contributed by atoms with van der Waals surface area (Å²) in [5.41, 5.74) is 8.29. The Bertz CT molecular complexity index is 3360. The third kappa shape index (κ3) is 9.62. The number of thioether (sulfide) groups is 1. The molecule has 2 N–H and O–H groups in total. The van der Waals surface area contributed by atoms with Crippen LogP contribution in [0, 0.1) is 0 Å². The maximum Gasteiger partial charge on any atom is 0.128 e. The highest BCUT2D eigenvalue weighted by atomic mass is 32.2. The zero-order valence-corrected chi connectivity index (χ0v) is 39.3. The molecule has 0 amide bonds. The maximum absolute atomic E-state index is 11.0. The number of benzene rings is 8. The van der Waals surface area contributed by atoms with Crippen LogP contribution in [0.4, 0.5) is 0 Å². The molecule has 0 radical (unpaired) electrons. The number of aliphatic hydroxyl groups excluding tert-OH is 2. The number of para-hydroxylation sites is 2. The average Bonchev–Trinajstić information content (AvgIpc) is 3.89. The number of fused-ring (bicyclic) bond motifs is 8. The summed E-state index contributed by atoms with van der Waals surface area (Å²) < 4.78 is 17.1. The van der Waals surface area contributed by atoms with Gasteiger partial charge in [0, 0.05) is 79.3 Å². The number of aromatic nitrogens is 2. The van der Waals surface area contributed by atoms with Crippen LogP contribution in [0.15, 0.2) is 178 Å². The number of hydrogen-bond acceptors (Lipinski definition) is 9. The fourth-order valence-electron chi connectivity index (χ4n) is 9.24. The Hall–Kier alpha value is -7.57. The molecule has 10 rings (SSSR count). The van der Waals surface area contributed by atoms with Crippen LogP contribution in [-0.2, 0) is 13.1 Å². The predicted molar refractivity (Wildman–Crippen MR) is 289 cm³/mol. The van der Waals surface area contributed by atoms with Crippen molar-refractivity contribution in [2.24, 2.45) is 20.4 Å². The Morgan fingerprint density at radius 1 is 0.449 bits per heavy atom. The Kier molecular flexibility index (Phi) is 13.6. The monoisotopic (exact) mass is 928 g/mol. The van der Waals surface area contributed by atoms with Gasteiger partial charge in [0.25, 0.3) is 0 Å². The van der Waals surface area contributed by atoms with Crippen LogP contribution in [-0.4, -0.2) is 81.1 Å². The van der Waals surface area contributed by atoms with Gasteiger partial charge in [0.05, 0.1) is 37.1 Å². The summed E-state index contributed by atoms with van der Waals surface area (Å²) in [4.78, 5) is 0. The number of aryl methyl sites for hydroxylation is 2. The second-order valence-electron chi connectivity index (χ2n) is 16.9. The first-order chi connectivity index (χ1) is 34.0. The van der Waals surface area contributed by atoms with Gasteiger partial charge in [-0.15, -0.1) is 0 Å². The van der Waals surface area contributed by atoms with Gasteiger partial charge in [-0.3, -0.25) is 0 Å². The van der Waals surface area contributed by atoms with Crippen molar-refractivity contribution < 1.29 is 19.7 Å². The molecule has 344 valence electrons. The summed E-state index contributed by atoms with van der Waals surface area (Å²) >= 11 is 1.44. The van der Waals surface area contributed by atoms with E-state index in [0.29, 0.717) is 23.0 Å². The van der Waals surface area contributed by atoms with Gasteiger partial charge in [-0.1, -0.05) is 109 Å². The van der Waals surface area contributed by atoms with Gasteiger partial charge >= 0.3 is 0 Å². The van der Waals surface area contributed by atoms with Crippen molar-refractivity contribution >= 4 is 102 Å². The lowest BCUT2D eigenvalue weighted by Crippen LogP contribution is -2.24. The summed E-state index contributed by atoms with van der Waals surface area (Å²) in [6, 6.07) is 53.6. The molecule has 2 aromatic heterocycles. The molecule has 0 spiro atoms. The molecule has 0 aliphatic rings. The number of rotatable bonds is 18. The lowest BCUT2D eigenvalue weighted by atomic mass is 10.0. The number of ether oxygens (including phenoxy) is 2. The lowest BCUT2D eigenvalue weighted by Gasteiger charge is -2.17. The molecule has 10 aromatic rings. The van der Waals surface area contributed by atoms with Gasteiger partial charge in [-0.05, 0) is 95.1 Å². The molecular formula is C58H52N6O4S. The van der Waals surface area contributed by atoms with Crippen molar-refractivity contribution in [1.82, 2.24) is 9.13 Å².